The summed E-state index contributed by atoms with van der Waals surface area (Å²) in [6, 6.07) is 5.73. The molecule has 6 nitrogen and oxygen atoms in total. The Morgan fingerprint density at radius 2 is 1.70 bits per heavy atom. The highest BCUT2D eigenvalue weighted by molar-refractivity contribution is 5.96. The first-order valence-corrected chi connectivity index (χ1v) is 11.7. The Balaban J connectivity index is 1.26. The first kappa shape index (κ1) is 22.1. The molecule has 0 radical (unpaired) electrons. The SMILES string of the molecule is O=C(c1ccccc1C(F)(F)F)N1CCc2cnc(N3CCN(C4CCC4)CC3)nc2CC1. The molecular weight excluding hydrogens is 431 g/mol. The molecule has 1 saturated carbocycles. The Kier molecular flexibility index (Phi) is 5.99. The average Bonchev–Trinajstić information content (AvgIpc) is 2.99. The minimum Gasteiger partial charge on any atom is -0.338 e. The molecule has 0 bridgehead atoms. The molecular formula is C24H28F3N5O. The summed E-state index contributed by atoms with van der Waals surface area (Å²) >= 11 is 0. The Bertz CT molecular complexity index is 1020. The van der Waals surface area contributed by atoms with Gasteiger partial charge in [0.15, 0.2) is 0 Å². The lowest BCUT2D eigenvalue weighted by atomic mass is 9.91. The lowest BCUT2D eigenvalue weighted by molar-refractivity contribution is -0.138. The van der Waals surface area contributed by atoms with Gasteiger partial charge in [-0.05, 0) is 37.0 Å². The third-order valence-corrected chi connectivity index (χ3v) is 7.15. The van der Waals surface area contributed by atoms with E-state index in [1.807, 2.05) is 6.20 Å². The van der Waals surface area contributed by atoms with E-state index in [0.717, 1.165) is 49.5 Å². The van der Waals surface area contributed by atoms with Crippen LogP contribution in [0.4, 0.5) is 19.1 Å². The van der Waals surface area contributed by atoms with Crippen LogP contribution in [0.1, 0.15) is 46.4 Å². The summed E-state index contributed by atoms with van der Waals surface area (Å²) in [6.07, 6.45) is 2.24. The van der Waals surface area contributed by atoms with Crippen molar-refractivity contribution in [1.82, 2.24) is 19.8 Å². The van der Waals surface area contributed by atoms with E-state index in [4.69, 9.17) is 4.98 Å². The maximum atomic E-state index is 13.4. The molecule has 1 aromatic carbocycles. The number of carbonyl (C=O) groups excluding carboxylic acids is 1. The second-order valence-electron chi connectivity index (χ2n) is 9.09. The molecule has 1 aliphatic carbocycles. The number of alkyl halides is 3. The Morgan fingerprint density at radius 3 is 2.39 bits per heavy atom. The Hall–Kier alpha value is -2.68. The van der Waals surface area contributed by atoms with Gasteiger partial charge in [-0.2, -0.15) is 13.2 Å². The quantitative estimate of drug-likeness (QED) is 0.704. The van der Waals surface area contributed by atoms with Crippen LogP contribution in [0.15, 0.2) is 30.5 Å². The van der Waals surface area contributed by atoms with Gasteiger partial charge in [-0.1, -0.05) is 18.6 Å². The molecule has 1 saturated heterocycles. The number of fused-ring (bicyclic) bond motifs is 1. The fraction of sp³-hybridized carbons (Fsp3) is 0.542. The first-order valence-electron chi connectivity index (χ1n) is 11.7. The minimum absolute atomic E-state index is 0.299. The zero-order chi connectivity index (χ0) is 23.0. The predicted octanol–water partition coefficient (Wildman–Crippen LogP) is 3.41. The van der Waals surface area contributed by atoms with Gasteiger partial charge in [0, 0.05) is 57.9 Å². The number of nitrogens with zero attached hydrogens (tertiary/aromatic N) is 5. The molecule has 176 valence electrons. The van der Waals surface area contributed by atoms with Gasteiger partial charge in [0.05, 0.1) is 16.8 Å². The van der Waals surface area contributed by atoms with Gasteiger partial charge in [0.2, 0.25) is 5.95 Å². The summed E-state index contributed by atoms with van der Waals surface area (Å²) in [7, 11) is 0. The van der Waals surface area contributed by atoms with Gasteiger partial charge in [0.1, 0.15) is 0 Å². The third-order valence-electron chi connectivity index (χ3n) is 7.15. The van der Waals surface area contributed by atoms with Crippen LogP contribution in [0.2, 0.25) is 0 Å². The van der Waals surface area contributed by atoms with Crippen molar-refractivity contribution in [2.24, 2.45) is 0 Å². The number of piperazine rings is 1. The summed E-state index contributed by atoms with van der Waals surface area (Å²) in [4.78, 5) is 28.6. The van der Waals surface area contributed by atoms with E-state index in [1.54, 1.807) is 0 Å². The molecule has 2 aromatic rings. The highest BCUT2D eigenvalue weighted by Crippen LogP contribution is 2.33. The number of rotatable bonds is 3. The fourth-order valence-electron chi connectivity index (χ4n) is 4.95. The van der Waals surface area contributed by atoms with Crippen molar-refractivity contribution in [2.45, 2.75) is 44.3 Å². The summed E-state index contributed by atoms with van der Waals surface area (Å²) in [5, 5.41) is 0. The molecule has 1 aromatic heterocycles. The lowest BCUT2D eigenvalue weighted by Crippen LogP contribution is -2.52. The van der Waals surface area contributed by atoms with Crippen LogP contribution >= 0.6 is 0 Å². The van der Waals surface area contributed by atoms with Gasteiger partial charge in [0.25, 0.3) is 5.91 Å². The average molecular weight is 460 g/mol. The maximum absolute atomic E-state index is 13.4. The van der Waals surface area contributed by atoms with Crippen LogP contribution in [-0.2, 0) is 19.0 Å². The lowest BCUT2D eigenvalue weighted by Gasteiger charge is -2.43. The third kappa shape index (κ3) is 4.55. The molecule has 0 unspecified atom stereocenters. The van der Waals surface area contributed by atoms with Gasteiger partial charge in [-0.15, -0.1) is 0 Å². The van der Waals surface area contributed by atoms with E-state index < -0.39 is 17.6 Å². The molecule has 0 spiro atoms. The second-order valence-corrected chi connectivity index (χ2v) is 9.09. The molecule has 9 heteroatoms. The Labute approximate surface area is 191 Å². The van der Waals surface area contributed by atoms with Crippen LogP contribution < -0.4 is 4.90 Å². The van der Waals surface area contributed by atoms with Gasteiger partial charge in [-0.25, -0.2) is 9.97 Å². The summed E-state index contributed by atoms with van der Waals surface area (Å²) in [5.41, 5.74) is 0.666. The largest absolute Gasteiger partial charge is 0.417 e. The number of aromatic nitrogens is 2. The van der Waals surface area contributed by atoms with Gasteiger partial charge in [-0.3, -0.25) is 9.69 Å². The van der Waals surface area contributed by atoms with Crippen molar-refractivity contribution in [3.8, 4) is 0 Å². The molecule has 0 atom stereocenters. The molecule has 1 amide bonds. The van der Waals surface area contributed by atoms with Crippen LogP contribution in [0.5, 0.6) is 0 Å². The highest BCUT2D eigenvalue weighted by atomic mass is 19.4. The molecule has 3 heterocycles. The molecule has 0 N–H and O–H groups in total. The molecule has 5 rings (SSSR count). The van der Waals surface area contributed by atoms with Crippen molar-refractivity contribution in [3.63, 3.8) is 0 Å². The number of hydrogen-bond donors (Lipinski definition) is 0. The van der Waals surface area contributed by atoms with E-state index in [-0.39, 0.29) is 5.56 Å². The van der Waals surface area contributed by atoms with Crippen LogP contribution in [0.25, 0.3) is 0 Å². The number of amides is 1. The molecule has 33 heavy (non-hydrogen) atoms. The van der Waals surface area contributed by atoms with E-state index in [2.05, 4.69) is 14.8 Å². The number of anilines is 1. The number of benzene rings is 1. The zero-order valence-corrected chi connectivity index (χ0v) is 18.5. The molecule has 3 aliphatic rings. The van der Waals surface area contributed by atoms with E-state index >= 15 is 0 Å². The van der Waals surface area contributed by atoms with Crippen molar-refractivity contribution in [1.29, 1.82) is 0 Å². The number of hydrogen-bond acceptors (Lipinski definition) is 5. The van der Waals surface area contributed by atoms with Gasteiger partial charge >= 0.3 is 6.18 Å². The number of carbonyl (C=O) groups is 1. The van der Waals surface area contributed by atoms with Crippen molar-refractivity contribution in [3.05, 3.63) is 52.8 Å². The first-order chi connectivity index (χ1) is 15.9. The summed E-state index contributed by atoms with van der Waals surface area (Å²) < 4.78 is 40.2. The van der Waals surface area contributed by atoms with Crippen LogP contribution in [0.3, 0.4) is 0 Å². The molecule has 2 fully saturated rings. The second kappa shape index (κ2) is 8.93. The van der Waals surface area contributed by atoms with E-state index in [0.29, 0.717) is 31.9 Å². The summed E-state index contributed by atoms with van der Waals surface area (Å²) in [5.74, 6) is 0.125. The van der Waals surface area contributed by atoms with Crippen molar-refractivity contribution in [2.75, 3.05) is 44.2 Å². The summed E-state index contributed by atoms with van der Waals surface area (Å²) in [6.45, 7) is 4.52. The Morgan fingerprint density at radius 1 is 0.970 bits per heavy atom. The van der Waals surface area contributed by atoms with E-state index in [1.165, 1.54) is 42.4 Å². The van der Waals surface area contributed by atoms with Crippen molar-refractivity contribution >= 4 is 11.9 Å². The smallest absolute Gasteiger partial charge is 0.338 e. The monoisotopic (exact) mass is 459 g/mol. The maximum Gasteiger partial charge on any atom is 0.417 e. The normalized spacial score (nSPS) is 20.2. The molecule has 2 aliphatic heterocycles. The minimum atomic E-state index is -4.57. The predicted molar refractivity (Wildman–Crippen MR) is 118 cm³/mol. The zero-order valence-electron chi connectivity index (χ0n) is 18.5. The fourth-order valence-corrected chi connectivity index (χ4v) is 4.95. The number of halogens is 3. The van der Waals surface area contributed by atoms with Crippen LogP contribution in [-0.4, -0.2) is 71.0 Å². The van der Waals surface area contributed by atoms with Crippen molar-refractivity contribution < 1.29 is 18.0 Å². The highest BCUT2D eigenvalue weighted by Gasteiger charge is 2.36. The van der Waals surface area contributed by atoms with Gasteiger partial charge < -0.3 is 9.80 Å². The van der Waals surface area contributed by atoms with E-state index in [9.17, 15) is 18.0 Å². The topological polar surface area (TPSA) is 52.6 Å². The van der Waals surface area contributed by atoms with Crippen LogP contribution in [0, 0.1) is 0 Å². The standard InChI is InChI=1S/C24H28F3N5O/c25-24(26,27)20-7-2-1-6-19(20)22(33)31-10-8-17-16-28-23(29-21(17)9-11-31)32-14-12-30(13-15-32)18-4-3-5-18/h1-2,6-7,16,18H,3-5,8-15H2.